The van der Waals surface area contributed by atoms with Crippen LogP contribution in [0.5, 0.6) is 0 Å². The van der Waals surface area contributed by atoms with Gasteiger partial charge in [-0.2, -0.15) is 0 Å². The smallest absolute Gasteiger partial charge is 0.164 e. The molecule has 17 heavy (non-hydrogen) atoms. The number of aliphatic carboxylic acids is 1. The Labute approximate surface area is 110 Å². The number of hydrogen-bond donors (Lipinski definition) is 1. The molecule has 0 aliphatic rings. The Bertz CT molecular complexity index is 240. The fourth-order valence-electron chi connectivity index (χ4n) is 1.73. The van der Waals surface area contributed by atoms with E-state index in [0.717, 1.165) is 19.3 Å². The van der Waals surface area contributed by atoms with Crippen molar-refractivity contribution in [1.82, 2.24) is 0 Å². The van der Waals surface area contributed by atoms with E-state index in [1.807, 2.05) is 21.1 Å². The van der Waals surface area contributed by atoms with Gasteiger partial charge in [-0.15, -0.1) is 12.6 Å². The highest BCUT2D eigenvalue weighted by molar-refractivity contribution is 7.81. The third kappa shape index (κ3) is 9.44. The van der Waals surface area contributed by atoms with Gasteiger partial charge in [0.2, 0.25) is 0 Å². The maximum absolute atomic E-state index is 10.7. The van der Waals surface area contributed by atoms with Gasteiger partial charge in [0, 0.05) is 19.0 Å². The number of unbranched alkanes of at least 4 members (excludes halogenated alkanes) is 2. The first-order chi connectivity index (χ1) is 7.68. The van der Waals surface area contributed by atoms with Crippen LogP contribution in [-0.4, -0.2) is 49.7 Å². The summed E-state index contributed by atoms with van der Waals surface area (Å²) < 4.78 is 6.25. The molecule has 0 N–H and O–H groups in total. The van der Waals surface area contributed by atoms with Gasteiger partial charge in [-0.3, -0.25) is 0 Å². The van der Waals surface area contributed by atoms with Gasteiger partial charge in [-0.05, 0) is 6.42 Å². The molecule has 0 rings (SSSR count). The summed E-state index contributed by atoms with van der Waals surface area (Å²) in [6.45, 7) is 3.18. The molecule has 0 radical (unpaired) electrons. The Morgan fingerprint density at radius 2 is 1.94 bits per heavy atom. The number of carbonyl (C=O) groups excluding carboxylic acids is 1. The minimum absolute atomic E-state index is 0.183. The number of carboxylic acids is 1. The van der Waals surface area contributed by atoms with Gasteiger partial charge >= 0.3 is 0 Å². The standard InChI is InChI=1S/C12H25NO3S/c1-5-6-7-8-16-12(17,9-11(14)15)10-13(2,3)4/h5-10H2,1-4H3,(H-,14,15,17). The largest absolute Gasteiger partial charge is 0.550 e. The van der Waals surface area contributed by atoms with Crippen LogP contribution in [0.2, 0.25) is 0 Å². The van der Waals surface area contributed by atoms with E-state index in [-0.39, 0.29) is 6.42 Å². The van der Waals surface area contributed by atoms with E-state index in [1.165, 1.54) is 0 Å². The van der Waals surface area contributed by atoms with Gasteiger partial charge in [0.05, 0.1) is 21.1 Å². The number of rotatable bonds is 9. The molecule has 0 aromatic carbocycles. The maximum Gasteiger partial charge on any atom is 0.164 e. The molecule has 0 saturated carbocycles. The van der Waals surface area contributed by atoms with E-state index in [2.05, 4.69) is 19.6 Å². The lowest BCUT2D eigenvalue weighted by molar-refractivity contribution is -0.874. The van der Waals surface area contributed by atoms with Crippen molar-refractivity contribution >= 4 is 18.6 Å². The summed E-state index contributed by atoms with van der Waals surface area (Å²) in [6, 6.07) is 0. The van der Waals surface area contributed by atoms with E-state index in [4.69, 9.17) is 4.74 Å². The highest BCUT2D eigenvalue weighted by atomic mass is 32.1. The summed E-state index contributed by atoms with van der Waals surface area (Å²) in [5.41, 5.74) is 0. The molecule has 0 aromatic rings. The number of thiol groups is 1. The van der Waals surface area contributed by atoms with Crippen molar-refractivity contribution in [2.45, 2.75) is 37.5 Å². The van der Waals surface area contributed by atoms with Gasteiger partial charge in [0.1, 0.15) is 6.54 Å². The van der Waals surface area contributed by atoms with E-state index in [1.54, 1.807) is 0 Å². The topological polar surface area (TPSA) is 49.4 Å². The molecule has 0 aromatic heterocycles. The zero-order valence-electron chi connectivity index (χ0n) is 11.4. The molecule has 5 heteroatoms. The van der Waals surface area contributed by atoms with Crippen LogP contribution in [0.3, 0.4) is 0 Å². The summed E-state index contributed by atoms with van der Waals surface area (Å²) in [6.07, 6.45) is 2.94. The lowest BCUT2D eigenvalue weighted by atomic mass is 10.2. The SMILES string of the molecule is CCCCCOC(S)(CC(=O)[O-])C[N+](C)(C)C. The molecule has 102 valence electrons. The van der Waals surface area contributed by atoms with Crippen LogP contribution in [0.4, 0.5) is 0 Å². The van der Waals surface area contributed by atoms with Crippen molar-refractivity contribution in [2.75, 3.05) is 34.3 Å². The van der Waals surface area contributed by atoms with Crippen LogP contribution in [-0.2, 0) is 9.53 Å². The molecule has 0 amide bonds. The highest BCUT2D eigenvalue weighted by Gasteiger charge is 2.33. The van der Waals surface area contributed by atoms with Crippen molar-refractivity contribution in [3.63, 3.8) is 0 Å². The fraction of sp³-hybridized carbons (Fsp3) is 0.917. The van der Waals surface area contributed by atoms with Crippen molar-refractivity contribution < 1.29 is 19.1 Å². The van der Waals surface area contributed by atoms with E-state index in [0.29, 0.717) is 17.6 Å². The molecule has 0 aliphatic heterocycles. The third-order valence-corrected chi connectivity index (χ3v) is 2.69. The zero-order chi connectivity index (χ0) is 13.5. The Morgan fingerprint density at radius 1 is 1.35 bits per heavy atom. The minimum atomic E-state index is -1.12. The Hall–Kier alpha value is -0.260. The second-order valence-electron chi connectivity index (χ2n) is 5.50. The van der Waals surface area contributed by atoms with Gasteiger partial charge < -0.3 is 19.1 Å². The Kier molecular flexibility index (Phi) is 7.13. The normalized spacial score (nSPS) is 15.6. The van der Waals surface area contributed by atoms with Crippen LogP contribution in [0.25, 0.3) is 0 Å². The first-order valence-electron chi connectivity index (χ1n) is 6.05. The predicted molar refractivity (Wildman–Crippen MR) is 69.7 cm³/mol. The number of nitrogens with zero attached hydrogens (tertiary/aromatic N) is 1. The molecule has 0 spiro atoms. The number of hydrogen-bond acceptors (Lipinski definition) is 4. The quantitative estimate of drug-likeness (QED) is 0.288. The van der Waals surface area contributed by atoms with Crippen LogP contribution < -0.4 is 5.11 Å². The van der Waals surface area contributed by atoms with Crippen LogP contribution in [0.1, 0.15) is 32.6 Å². The molecule has 1 atom stereocenters. The number of ether oxygens (including phenoxy) is 1. The molecule has 0 aliphatic carbocycles. The lowest BCUT2D eigenvalue weighted by Crippen LogP contribution is -2.50. The fourth-order valence-corrected chi connectivity index (χ4v) is 2.38. The third-order valence-electron chi connectivity index (χ3n) is 2.26. The molecule has 4 nitrogen and oxygen atoms in total. The van der Waals surface area contributed by atoms with Crippen LogP contribution in [0.15, 0.2) is 0 Å². The lowest BCUT2D eigenvalue weighted by Gasteiger charge is -2.36. The summed E-state index contributed by atoms with van der Waals surface area (Å²) >= 11 is 4.40. The second-order valence-corrected chi connectivity index (χ2v) is 6.31. The Morgan fingerprint density at radius 3 is 2.35 bits per heavy atom. The molecule has 1 unspecified atom stereocenters. The number of quaternary nitrogens is 1. The number of likely N-dealkylation sites (N-methyl/N-ethyl adjacent to an activating group) is 1. The predicted octanol–water partition coefficient (Wildman–Crippen LogP) is 0.665. The van der Waals surface area contributed by atoms with Gasteiger partial charge in [-0.25, -0.2) is 0 Å². The summed E-state index contributed by atoms with van der Waals surface area (Å²) in [5.74, 6) is -1.12. The first-order valence-corrected chi connectivity index (χ1v) is 6.50. The molecular weight excluding hydrogens is 238 g/mol. The maximum atomic E-state index is 10.7. The van der Waals surface area contributed by atoms with Crippen molar-refractivity contribution in [3.8, 4) is 0 Å². The van der Waals surface area contributed by atoms with Gasteiger partial charge in [0.15, 0.2) is 4.93 Å². The molecule has 0 saturated heterocycles. The zero-order valence-corrected chi connectivity index (χ0v) is 12.3. The van der Waals surface area contributed by atoms with Crippen LogP contribution >= 0.6 is 12.6 Å². The minimum Gasteiger partial charge on any atom is -0.550 e. The average Bonchev–Trinajstić information content (AvgIpc) is 2.07. The first kappa shape index (κ1) is 16.7. The molecule has 0 heterocycles. The highest BCUT2D eigenvalue weighted by Crippen LogP contribution is 2.24. The van der Waals surface area contributed by atoms with E-state index in [9.17, 15) is 9.90 Å². The molecular formula is C12H25NO3S. The van der Waals surface area contributed by atoms with Crippen molar-refractivity contribution in [2.24, 2.45) is 0 Å². The average molecular weight is 263 g/mol. The van der Waals surface area contributed by atoms with Gasteiger partial charge in [-0.1, -0.05) is 19.8 Å². The molecule has 0 bridgehead atoms. The monoisotopic (exact) mass is 263 g/mol. The van der Waals surface area contributed by atoms with Crippen molar-refractivity contribution in [1.29, 1.82) is 0 Å². The number of carboxylic acid groups (broad SMARTS) is 1. The van der Waals surface area contributed by atoms with E-state index >= 15 is 0 Å². The Balaban J connectivity index is 4.34. The van der Waals surface area contributed by atoms with Crippen LogP contribution in [0, 0.1) is 0 Å². The summed E-state index contributed by atoms with van der Waals surface area (Å²) in [4.78, 5) is 9.80. The molecule has 0 fully saturated rings. The summed E-state index contributed by atoms with van der Waals surface area (Å²) in [7, 11) is 5.95. The second kappa shape index (κ2) is 7.24. The van der Waals surface area contributed by atoms with Crippen molar-refractivity contribution in [3.05, 3.63) is 0 Å². The van der Waals surface area contributed by atoms with Gasteiger partial charge in [0.25, 0.3) is 0 Å². The number of carbonyl (C=O) groups is 1. The van der Waals surface area contributed by atoms with E-state index < -0.39 is 10.9 Å². The summed E-state index contributed by atoms with van der Waals surface area (Å²) in [5, 5.41) is 10.7.